The molecule has 1 amide bonds. The molecule has 0 spiro atoms. The number of likely N-dealkylation sites (tertiary alicyclic amines) is 1. The molecule has 0 radical (unpaired) electrons. The van der Waals surface area contributed by atoms with Crippen molar-refractivity contribution < 1.29 is 24.2 Å². The lowest BCUT2D eigenvalue weighted by atomic mass is 9.80. The van der Waals surface area contributed by atoms with Crippen molar-refractivity contribution in [3.63, 3.8) is 0 Å². The highest BCUT2D eigenvalue weighted by Crippen LogP contribution is 2.49. The van der Waals surface area contributed by atoms with Gasteiger partial charge in [-0.1, -0.05) is 42.5 Å². The summed E-state index contributed by atoms with van der Waals surface area (Å²) in [5, 5.41) is 11.2. The summed E-state index contributed by atoms with van der Waals surface area (Å²) in [6.07, 6.45) is 2.69. The second-order valence-corrected chi connectivity index (χ2v) is 8.19. The molecule has 2 atom stereocenters. The predicted molar refractivity (Wildman–Crippen MR) is 111 cm³/mol. The van der Waals surface area contributed by atoms with Crippen LogP contribution in [0.2, 0.25) is 0 Å². The minimum Gasteiger partial charge on any atom is -0.465 e. The number of hydrogen-bond donors (Lipinski definition) is 1. The standard InChI is InChI=1S/C24H27NO5/c1-29-22(26)19-9-7-18(8-10-19)21-15-24(28,20-11-12-20)13-14-25(21)23(27)30-16-17-5-3-2-4-6-17/h2-10,20-21,28H,11-16H2,1H3/t21-,24-/m0/s1. The largest absolute Gasteiger partial charge is 0.465 e. The Balaban J connectivity index is 1.53. The quantitative estimate of drug-likeness (QED) is 0.753. The van der Waals surface area contributed by atoms with E-state index in [1.165, 1.54) is 7.11 Å². The maximum Gasteiger partial charge on any atom is 0.410 e. The van der Waals surface area contributed by atoms with Crippen molar-refractivity contribution >= 4 is 12.1 Å². The third kappa shape index (κ3) is 4.33. The van der Waals surface area contributed by atoms with Crippen molar-refractivity contribution in [3.05, 3.63) is 71.3 Å². The lowest BCUT2D eigenvalue weighted by molar-refractivity contribution is -0.0606. The van der Waals surface area contributed by atoms with E-state index >= 15 is 0 Å². The summed E-state index contributed by atoms with van der Waals surface area (Å²) in [7, 11) is 1.34. The Morgan fingerprint density at radius 2 is 1.80 bits per heavy atom. The Labute approximate surface area is 176 Å². The third-order valence-corrected chi connectivity index (χ3v) is 6.20. The van der Waals surface area contributed by atoms with Crippen LogP contribution in [0.25, 0.3) is 0 Å². The van der Waals surface area contributed by atoms with Crippen LogP contribution in [0.5, 0.6) is 0 Å². The second kappa shape index (κ2) is 8.48. The van der Waals surface area contributed by atoms with E-state index in [4.69, 9.17) is 9.47 Å². The summed E-state index contributed by atoms with van der Waals surface area (Å²) in [5.74, 6) is -0.101. The molecule has 1 heterocycles. The number of rotatable bonds is 5. The van der Waals surface area contributed by atoms with E-state index in [9.17, 15) is 14.7 Å². The highest BCUT2D eigenvalue weighted by molar-refractivity contribution is 5.89. The Morgan fingerprint density at radius 3 is 2.43 bits per heavy atom. The van der Waals surface area contributed by atoms with Gasteiger partial charge in [-0.15, -0.1) is 0 Å². The Hall–Kier alpha value is -2.86. The Morgan fingerprint density at radius 1 is 1.10 bits per heavy atom. The number of aliphatic hydroxyl groups is 1. The summed E-state index contributed by atoms with van der Waals surface area (Å²) in [6, 6.07) is 16.3. The van der Waals surface area contributed by atoms with Crippen molar-refractivity contribution in [2.75, 3.05) is 13.7 Å². The van der Waals surface area contributed by atoms with Crippen LogP contribution in [0.4, 0.5) is 4.79 Å². The molecule has 30 heavy (non-hydrogen) atoms. The van der Waals surface area contributed by atoms with Crippen molar-refractivity contribution in [3.8, 4) is 0 Å². The van der Waals surface area contributed by atoms with Gasteiger partial charge in [0, 0.05) is 13.0 Å². The normalized spacial score (nSPS) is 23.7. The van der Waals surface area contributed by atoms with E-state index in [0.717, 1.165) is 24.0 Å². The van der Waals surface area contributed by atoms with Crippen LogP contribution in [0.15, 0.2) is 54.6 Å². The number of hydrogen-bond acceptors (Lipinski definition) is 5. The SMILES string of the molecule is COC(=O)c1ccc([C@@H]2C[C@](O)(C3CC3)CCN2C(=O)OCc2ccccc2)cc1. The Kier molecular flexibility index (Phi) is 5.77. The highest BCUT2D eigenvalue weighted by atomic mass is 16.6. The molecule has 1 saturated carbocycles. The second-order valence-electron chi connectivity index (χ2n) is 8.19. The molecule has 2 aliphatic rings. The molecule has 0 bridgehead atoms. The Bertz CT molecular complexity index is 894. The molecular formula is C24H27NO5. The van der Waals surface area contributed by atoms with Crippen LogP contribution < -0.4 is 0 Å². The van der Waals surface area contributed by atoms with Gasteiger partial charge in [0.1, 0.15) is 6.61 Å². The molecule has 2 aromatic rings. The third-order valence-electron chi connectivity index (χ3n) is 6.20. The lowest BCUT2D eigenvalue weighted by Gasteiger charge is -2.44. The molecular weight excluding hydrogens is 382 g/mol. The van der Waals surface area contributed by atoms with Gasteiger partial charge in [-0.05, 0) is 48.4 Å². The zero-order valence-electron chi connectivity index (χ0n) is 17.1. The van der Waals surface area contributed by atoms with Crippen LogP contribution in [0, 0.1) is 5.92 Å². The molecule has 0 unspecified atom stereocenters. The van der Waals surface area contributed by atoms with Crippen molar-refractivity contribution in [1.29, 1.82) is 0 Å². The molecule has 2 aromatic carbocycles. The number of carbonyl (C=O) groups is 2. The number of ether oxygens (including phenoxy) is 2. The fourth-order valence-electron chi connectivity index (χ4n) is 4.29. The van der Waals surface area contributed by atoms with Crippen molar-refractivity contribution in [1.82, 2.24) is 4.90 Å². The fraction of sp³-hybridized carbons (Fsp3) is 0.417. The van der Waals surface area contributed by atoms with Gasteiger partial charge >= 0.3 is 12.1 Å². The molecule has 1 N–H and O–H groups in total. The van der Waals surface area contributed by atoms with E-state index in [0.29, 0.717) is 30.9 Å². The number of amides is 1. The van der Waals surface area contributed by atoms with Crippen molar-refractivity contribution in [2.45, 2.75) is 43.9 Å². The number of benzene rings is 2. The first kappa shape index (κ1) is 20.4. The molecule has 0 aromatic heterocycles. The van der Waals surface area contributed by atoms with E-state index in [2.05, 4.69) is 0 Å². The van der Waals surface area contributed by atoms with Gasteiger partial charge in [-0.3, -0.25) is 0 Å². The minimum atomic E-state index is -0.762. The summed E-state index contributed by atoms with van der Waals surface area (Å²) in [4.78, 5) is 26.4. The average Bonchev–Trinajstić information content (AvgIpc) is 3.64. The number of carbonyl (C=O) groups excluding carboxylic acids is 2. The molecule has 1 saturated heterocycles. The van der Waals surface area contributed by atoms with Crippen LogP contribution in [0.1, 0.15) is 53.2 Å². The first-order valence-electron chi connectivity index (χ1n) is 10.4. The van der Waals surface area contributed by atoms with Crippen LogP contribution in [0.3, 0.4) is 0 Å². The van der Waals surface area contributed by atoms with E-state index in [1.54, 1.807) is 17.0 Å². The molecule has 1 aliphatic carbocycles. The van der Waals surface area contributed by atoms with Gasteiger partial charge in [0.2, 0.25) is 0 Å². The molecule has 6 heteroatoms. The molecule has 4 rings (SSSR count). The summed E-state index contributed by atoms with van der Waals surface area (Å²) in [5.41, 5.74) is 1.49. The first-order chi connectivity index (χ1) is 14.5. The average molecular weight is 409 g/mol. The summed E-state index contributed by atoms with van der Waals surface area (Å²) in [6.45, 7) is 0.640. The van der Waals surface area contributed by atoms with Gasteiger partial charge in [0.25, 0.3) is 0 Å². The number of esters is 1. The predicted octanol–water partition coefficient (Wildman–Crippen LogP) is 4.09. The maximum absolute atomic E-state index is 12.9. The maximum atomic E-state index is 12.9. The number of methoxy groups -OCH3 is 1. The zero-order chi connectivity index (χ0) is 21.1. The zero-order valence-corrected chi connectivity index (χ0v) is 17.1. The number of nitrogens with zero attached hydrogens (tertiary/aromatic N) is 1. The van der Waals surface area contributed by atoms with Crippen LogP contribution in [-0.2, 0) is 16.1 Å². The number of piperidine rings is 1. The highest BCUT2D eigenvalue weighted by Gasteiger charge is 2.49. The molecule has 158 valence electrons. The monoisotopic (exact) mass is 409 g/mol. The molecule has 6 nitrogen and oxygen atoms in total. The smallest absolute Gasteiger partial charge is 0.410 e. The van der Waals surface area contributed by atoms with Gasteiger partial charge in [-0.2, -0.15) is 0 Å². The topological polar surface area (TPSA) is 76.1 Å². The summed E-state index contributed by atoms with van der Waals surface area (Å²) < 4.78 is 10.3. The van der Waals surface area contributed by atoms with Gasteiger partial charge in [-0.25, -0.2) is 9.59 Å². The van der Waals surface area contributed by atoms with Gasteiger partial charge < -0.3 is 19.5 Å². The first-order valence-corrected chi connectivity index (χ1v) is 10.4. The van der Waals surface area contributed by atoms with Crippen molar-refractivity contribution in [2.24, 2.45) is 5.92 Å². The van der Waals surface area contributed by atoms with E-state index in [-0.39, 0.29) is 12.6 Å². The van der Waals surface area contributed by atoms with E-state index < -0.39 is 17.7 Å². The molecule has 1 aliphatic heterocycles. The fourth-order valence-corrected chi connectivity index (χ4v) is 4.29. The van der Waals surface area contributed by atoms with Gasteiger partial charge in [0.05, 0.1) is 24.3 Å². The van der Waals surface area contributed by atoms with Crippen LogP contribution in [-0.4, -0.2) is 41.3 Å². The lowest BCUT2D eigenvalue weighted by Crippen LogP contribution is -2.49. The molecule has 2 fully saturated rings. The van der Waals surface area contributed by atoms with E-state index in [1.807, 2.05) is 42.5 Å². The van der Waals surface area contributed by atoms with Gasteiger partial charge in [0.15, 0.2) is 0 Å². The minimum absolute atomic E-state index is 0.205. The van der Waals surface area contributed by atoms with Crippen LogP contribution >= 0.6 is 0 Å². The summed E-state index contributed by atoms with van der Waals surface area (Å²) >= 11 is 0.